The summed E-state index contributed by atoms with van der Waals surface area (Å²) in [4.78, 5) is 31.5. The molecule has 9 N–H and O–H groups in total. The third kappa shape index (κ3) is 5.67. The average Bonchev–Trinajstić information content (AvgIpc) is 3.10. The molecular weight excluding hydrogens is 452 g/mol. The lowest BCUT2D eigenvalue weighted by Crippen LogP contribution is -2.52. The van der Waals surface area contributed by atoms with Crippen molar-refractivity contribution >= 4 is 29.0 Å². The number of aliphatic hydroxyl groups is 4. The van der Waals surface area contributed by atoms with Gasteiger partial charge >= 0.3 is 0 Å². The SMILES string of the molecule is CC(O)C(O)C(O)C(O)CNCC(=O)N1[C@H]2C[C@@]2(C)C[C@H]1C(=O)NCc1nc(C(=N)N)cs1. The molecule has 184 valence electrons. The first kappa shape index (κ1) is 25.5. The highest BCUT2D eigenvalue weighted by atomic mass is 32.1. The van der Waals surface area contributed by atoms with Gasteiger partial charge in [-0.25, -0.2) is 4.98 Å². The number of piperidine rings is 1. The number of aromatic nitrogens is 1. The van der Waals surface area contributed by atoms with Crippen LogP contribution in [0.1, 0.15) is 37.4 Å². The number of fused-ring (bicyclic) bond motifs is 1. The van der Waals surface area contributed by atoms with Crippen LogP contribution < -0.4 is 16.4 Å². The number of rotatable bonds is 11. The highest BCUT2D eigenvalue weighted by Gasteiger charge is 2.64. The van der Waals surface area contributed by atoms with Crippen LogP contribution in [0.25, 0.3) is 0 Å². The van der Waals surface area contributed by atoms with Crippen LogP contribution in [0.15, 0.2) is 5.38 Å². The van der Waals surface area contributed by atoms with Crippen molar-refractivity contribution in [2.45, 2.75) is 69.7 Å². The molecule has 1 aliphatic heterocycles. The Kier molecular flexibility index (Phi) is 7.71. The van der Waals surface area contributed by atoms with Crippen molar-refractivity contribution in [2.24, 2.45) is 11.1 Å². The summed E-state index contributed by atoms with van der Waals surface area (Å²) in [5, 5.41) is 54.0. The van der Waals surface area contributed by atoms with Gasteiger partial charge in [-0.3, -0.25) is 15.0 Å². The number of likely N-dealkylation sites (tertiary alicyclic amines) is 1. The zero-order valence-electron chi connectivity index (χ0n) is 18.6. The van der Waals surface area contributed by atoms with Gasteiger partial charge in [0, 0.05) is 18.0 Å². The summed E-state index contributed by atoms with van der Waals surface area (Å²) in [6, 6.07) is -0.651. The molecule has 3 rings (SSSR count). The zero-order chi connectivity index (χ0) is 24.5. The fourth-order valence-corrected chi connectivity index (χ4v) is 4.94. The second-order valence-corrected chi connectivity index (χ2v) is 10.0. The molecule has 33 heavy (non-hydrogen) atoms. The predicted molar refractivity (Wildman–Crippen MR) is 119 cm³/mol. The fourth-order valence-electron chi connectivity index (χ4n) is 4.21. The summed E-state index contributed by atoms with van der Waals surface area (Å²) in [5.74, 6) is -0.728. The number of carbonyl (C=O) groups is 2. The van der Waals surface area contributed by atoms with Crippen molar-refractivity contribution in [2.75, 3.05) is 13.1 Å². The molecule has 0 aromatic carbocycles. The summed E-state index contributed by atoms with van der Waals surface area (Å²) < 4.78 is 0. The van der Waals surface area contributed by atoms with E-state index in [1.54, 1.807) is 10.3 Å². The third-order valence-corrected chi connectivity index (χ3v) is 7.18. The van der Waals surface area contributed by atoms with Crippen LogP contribution in [0, 0.1) is 10.8 Å². The van der Waals surface area contributed by atoms with Crippen molar-refractivity contribution in [1.82, 2.24) is 20.5 Å². The molecule has 2 amide bonds. The Morgan fingerprint density at radius 2 is 2.03 bits per heavy atom. The number of aliphatic hydroxyl groups excluding tert-OH is 4. The number of amidine groups is 1. The molecule has 1 aromatic rings. The van der Waals surface area contributed by atoms with E-state index >= 15 is 0 Å². The van der Waals surface area contributed by atoms with E-state index < -0.39 is 30.5 Å². The highest BCUT2D eigenvalue weighted by molar-refractivity contribution is 7.09. The summed E-state index contributed by atoms with van der Waals surface area (Å²) in [6.07, 6.45) is -4.32. The molecule has 1 saturated heterocycles. The Hall–Kier alpha value is -2.16. The minimum Gasteiger partial charge on any atom is -0.391 e. The van der Waals surface area contributed by atoms with Gasteiger partial charge < -0.3 is 41.7 Å². The zero-order valence-corrected chi connectivity index (χ0v) is 19.4. The lowest BCUT2D eigenvalue weighted by Gasteiger charge is -2.28. The van der Waals surface area contributed by atoms with E-state index in [-0.39, 0.29) is 48.7 Å². The smallest absolute Gasteiger partial charge is 0.243 e. The quantitative estimate of drug-likeness (QED) is 0.123. The van der Waals surface area contributed by atoms with E-state index in [1.807, 2.05) is 6.92 Å². The number of nitrogen functional groups attached to an aromatic ring is 1. The fraction of sp³-hybridized carbons (Fsp3) is 0.700. The molecule has 0 bridgehead atoms. The van der Waals surface area contributed by atoms with Gasteiger partial charge in [-0.2, -0.15) is 0 Å². The van der Waals surface area contributed by atoms with Gasteiger partial charge in [-0.1, -0.05) is 6.92 Å². The van der Waals surface area contributed by atoms with E-state index in [4.69, 9.17) is 11.1 Å². The molecule has 2 heterocycles. The van der Waals surface area contributed by atoms with Crippen LogP contribution >= 0.6 is 11.3 Å². The molecular formula is C20H32N6O6S. The van der Waals surface area contributed by atoms with Gasteiger partial charge in [0.2, 0.25) is 11.8 Å². The van der Waals surface area contributed by atoms with Gasteiger partial charge in [-0.05, 0) is 25.2 Å². The molecule has 1 aromatic heterocycles. The second-order valence-electron chi connectivity index (χ2n) is 9.07. The maximum atomic E-state index is 12.9. The summed E-state index contributed by atoms with van der Waals surface area (Å²) >= 11 is 1.28. The highest BCUT2D eigenvalue weighted by Crippen LogP contribution is 2.59. The van der Waals surface area contributed by atoms with E-state index in [2.05, 4.69) is 15.6 Å². The number of hydrogen-bond acceptors (Lipinski definition) is 10. The molecule has 1 saturated carbocycles. The molecule has 4 unspecified atom stereocenters. The maximum absolute atomic E-state index is 12.9. The Morgan fingerprint density at radius 1 is 1.33 bits per heavy atom. The molecule has 2 aliphatic rings. The predicted octanol–water partition coefficient (Wildman–Crippen LogP) is -2.52. The van der Waals surface area contributed by atoms with E-state index in [9.17, 15) is 30.0 Å². The first-order valence-electron chi connectivity index (χ1n) is 10.7. The topological polar surface area (TPSA) is 205 Å². The van der Waals surface area contributed by atoms with Crippen LogP contribution in [-0.4, -0.2) is 97.5 Å². The van der Waals surface area contributed by atoms with Crippen LogP contribution in [0.3, 0.4) is 0 Å². The monoisotopic (exact) mass is 484 g/mol. The van der Waals surface area contributed by atoms with Gasteiger partial charge in [-0.15, -0.1) is 11.3 Å². The number of carbonyl (C=O) groups excluding carboxylic acids is 2. The van der Waals surface area contributed by atoms with Gasteiger partial charge in [0.15, 0.2) is 0 Å². The Morgan fingerprint density at radius 3 is 2.64 bits per heavy atom. The van der Waals surface area contributed by atoms with E-state index in [0.717, 1.165) is 6.42 Å². The second kappa shape index (κ2) is 9.99. The van der Waals surface area contributed by atoms with Crippen molar-refractivity contribution in [3.8, 4) is 0 Å². The van der Waals surface area contributed by atoms with Crippen molar-refractivity contribution in [3.63, 3.8) is 0 Å². The third-order valence-electron chi connectivity index (χ3n) is 6.34. The van der Waals surface area contributed by atoms with Crippen LogP contribution in [0.5, 0.6) is 0 Å². The Balaban J connectivity index is 1.52. The normalized spacial score (nSPS) is 27.4. The van der Waals surface area contributed by atoms with Crippen LogP contribution in [-0.2, 0) is 16.1 Å². The first-order valence-corrected chi connectivity index (χ1v) is 11.6. The lowest BCUT2D eigenvalue weighted by atomic mass is 10.0. The largest absolute Gasteiger partial charge is 0.391 e. The van der Waals surface area contributed by atoms with Gasteiger partial charge in [0.05, 0.1) is 25.3 Å². The standard InChI is InChI=1S/C20H32N6O6S/c1-9(27)16(30)17(31)12(28)5-23-7-15(29)26-11(3-20(2)4-13(20)26)19(32)24-6-14-25-10(8-33-14)18(21)22/h8-9,11-13,16-17,23,27-28,30-31H,3-7H2,1-2H3,(H3,21,22)(H,24,32)/t9?,11-,12?,13-,16?,17?,20+/m0/s1. The molecule has 0 radical (unpaired) electrons. The van der Waals surface area contributed by atoms with E-state index in [1.165, 1.54) is 18.3 Å². The molecule has 7 atom stereocenters. The number of thiazole rings is 1. The molecule has 13 heteroatoms. The van der Waals surface area contributed by atoms with Crippen molar-refractivity contribution in [1.29, 1.82) is 5.41 Å². The summed E-state index contributed by atoms with van der Waals surface area (Å²) in [5.41, 5.74) is 5.67. The minimum absolute atomic E-state index is 0.0284. The minimum atomic E-state index is -1.57. The van der Waals surface area contributed by atoms with Crippen LogP contribution in [0.2, 0.25) is 0 Å². The average molecular weight is 485 g/mol. The van der Waals surface area contributed by atoms with Gasteiger partial charge in [0.25, 0.3) is 0 Å². The van der Waals surface area contributed by atoms with Crippen LogP contribution in [0.4, 0.5) is 0 Å². The molecule has 12 nitrogen and oxygen atoms in total. The molecule has 1 aliphatic carbocycles. The van der Waals surface area contributed by atoms with Crippen molar-refractivity contribution < 1.29 is 30.0 Å². The summed E-state index contributed by atoms with van der Waals surface area (Å²) in [6.45, 7) is 3.17. The molecule has 2 fully saturated rings. The first-order chi connectivity index (χ1) is 15.4. The number of nitrogens with zero attached hydrogens (tertiary/aromatic N) is 2. The number of nitrogens with one attached hydrogen (secondary N) is 3. The van der Waals surface area contributed by atoms with Crippen molar-refractivity contribution in [3.05, 3.63) is 16.1 Å². The molecule has 0 spiro atoms. The Labute approximate surface area is 195 Å². The summed E-state index contributed by atoms with van der Waals surface area (Å²) in [7, 11) is 0. The van der Waals surface area contributed by atoms with Gasteiger partial charge in [0.1, 0.15) is 34.8 Å². The lowest BCUT2D eigenvalue weighted by molar-refractivity contribution is -0.139. The number of amides is 2. The Bertz CT molecular complexity index is 896. The number of nitrogens with two attached hydrogens (primary N) is 1. The van der Waals surface area contributed by atoms with E-state index in [0.29, 0.717) is 17.1 Å². The maximum Gasteiger partial charge on any atom is 0.243 e. The number of hydrogen-bond donors (Lipinski definition) is 8.